The Morgan fingerprint density at radius 2 is 1.82 bits per heavy atom. The zero-order chi connectivity index (χ0) is 13.1. The van der Waals surface area contributed by atoms with Crippen molar-refractivity contribution >= 4 is 11.9 Å². The first-order valence-corrected chi connectivity index (χ1v) is 5.01. The van der Waals surface area contributed by atoms with E-state index < -0.39 is 24.0 Å². The van der Waals surface area contributed by atoms with Crippen molar-refractivity contribution in [2.24, 2.45) is 0 Å². The molecular weight excluding hydrogens is 227 g/mol. The molecule has 0 atom stereocenters. The van der Waals surface area contributed by atoms with E-state index in [1.54, 1.807) is 13.8 Å². The van der Waals surface area contributed by atoms with E-state index in [0.29, 0.717) is 5.56 Å². The first-order valence-electron chi connectivity index (χ1n) is 5.01. The lowest BCUT2D eigenvalue weighted by Crippen LogP contribution is -2.26. The number of halogens is 1. The number of rotatable bonds is 4. The van der Waals surface area contributed by atoms with E-state index in [4.69, 9.17) is 9.84 Å². The number of carboxylic acids is 1. The Hall–Kier alpha value is -1.91. The number of carbonyl (C=O) groups excluding carboxylic acids is 1. The number of hydrogen-bond acceptors (Lipinski definition) is 3. The van der Waals surface area contributed by atoms with Gasteiger partial charge in [-0.05, 0) is 31.5 Å². The van der Waals surface area contributed by atoms with E-state index in [-0.39, 0.29) is 5.82 Å². The number of benzene rings is 1. The van der Waals surface area contributed by atoms with Crippen LogP contribution in [0.4, 0.5) is 4.39 Å². The Labute approximate surface area is 98.0 Å². The quantitative estimate of drug-likeness (QED) is 0.646. The van der Waals surface area contributed by atoms with Crippen molar-refractivity contribution in [1.82, 2.24) is 0 Å². The minimum atomic E-state index is -1.25. The standard InChI is InChI=1S/C12H13FO4/c1-12(2,17-11(16)7-10(14)15)8-3-5-9(13)6-4-8/h3-6H,7H2,1-2H3,(H,14,15). The molecule has 0 amide bonds. The second kappa shape index (κ2) is 4.95. The van der Waals surface area contributed by atoms with Crippen LogP contribution in [0.3, 0.4) is 0 Å². The average Bonchev–Trinajstić information content (AvgIpc) is 2.15. The molecule has 1 rings (SSSR count). The Morgan fingerprint density at radius 1 is 1.29 bits per heavy atom. The molecule has 17 heavy (non-hydrogen) atoms. The number of carbonyl (C=O) groups is 2. The third-order valence-corrected chi connectivity index (χ3v) is 2.20. The monoisotopic (exact) mass is 240 g/mol. The Morgan fingerprint density at radius 3 is 2.29 bits per heavy atom. The van der Waals surface area contributed by atoms with Crippen LogP contribution in [-0.2, 0) is 19.9 Å². The predicted molar refractivity (Wildman–Crippen MR) is 57.8 cm³/mol. The van der Waals surface area contributed by atoms with Gasteiger partial charge in [0.15, 0.2) is 0 Å². The molecule has 0 unspecified atom stereocenters. The molecule has 0 aliphatic rings. The van der Waals surface area contributed by atoms with Crippen molar-refractivity contribution in [3.05, 3.63) is 35.6 Å². The summed E-state index contributed by atoms with van der Waals surface area (Å²) in [5.41, 5.74) is -0.391. The highest BCUT2D eigenvalue weighted by Crippen LogP contribution is 2.25. The summed E-state index contributed by atoms with van der Waals surface area (Å²) in [6.07, 6.45) is -0.690. The van der Waals surface area contributed by atoms with Crippen LogP contribution in [0.2, 0.25) is 0 Å². The molecule has 0 heterocycles. The summed E-state index contributed by atoms with van der Waals surface area (Å²) in [7, 11) is 0. The lowest BCUT2D eigenvalue weighted by molar-refractivity contribution is -0.161. The van der Waals surface area contributed by atoms with E-state index in [2.05, 4.69) is 0 Å². The second-order valence-electron chi connectivity index (χ2n) is 4.06. The van der Waals surface area contributed by atoms with Crippen molar-refractivity contribution in [3.8, 4) is 0 Å². The van der Waals surface area contributed by atoms with Crippen LogP contribution >= 0.6 is 0 Å². The summed E-state index contributed by atoms with van der Waals surface area (Å²) >= 11 is 0. The van der Waals surface area contributed by atoms with Crippen molar-refractivity contribution in [2.75, 3.05) is 0 Å². The van der Waals surface area contributed by atoms with Crippen molar-refractivity contribution < 1.29 is 23.8 Å². The average molecular weight is 240 g/mol. The molecule has 4 nitrogen and oxygen atoms in total. The molecule has 0 fully saturated rings. The van der Waals surface area contributed by atoms with Crippen LogP contribution in [0.5, 0.6) is 0 Å². The summed E-state index contributed by atoms with van der Waals surface area (Å²) in [5, 5.41) is 8.44. The topological polar surface area (TPSA) is 63.6 Å². The third kappa shape index (κ3) is 3.86. The van der Waals surface area contributed by atoms with Gasteiger partial charge in [-0.3, -0.25) is 9.59 Å². The molecule has 0 bridgehead atoms. The number of hydrogen-bond donors (Lipinski definition) is 1. The maximum Gasteiger partial charge on any atom is 0.318 e. The molecule has 92 valence electrons. The van der Waals surface area contributed by atoms with Gasteiger partial charge in [0.25, 0.3) is 0 Å². The van der Waals surface area contributed by atoms with Gasteiger partial charge >= 0.3 is 11.9 Å². The molecular formula is C12H13FO4. The fraction of sp³-hybridized carbons (Fsp3) is 0.333. The molecule has 0 radical (unpaired) electrons. The molecule has 1 aromatic rings. The van der Waals surface area contributed by atoms with E-state index in [9.17, 15) is 14.0 Å². The molecule has 1 N–H and O–H groups in total. The van der Waals surface area contributed by atoms with E-state index >= 15 is 0 Å². The van der Waals surface area contributed by atoms with Gasteiger partial charge in [0.1, 0.15) is 17.8 Å². The summed E-state index contributed by atoms with van der Waals surface area (Å²) in [6.45, 7) is 3.22. The molecule has 0 saturated heterocycles. The van der Waals surface area contributed by atoms with Gasteiger partial charge in [-0.25, -0.2) is 4.39 Å². The van der Waals surface area contributed by atoms with Gasteiger partial charge in [0.05, 0.1) is 0 Å². The molecule has 0 spiro atoms. The number of ether oxygens (including phenoxy) is 1. The highest BCUT2D eigenvalue weighted by molar-refractivity contribution is 5.90. The fourth-order valence-corrected chi connectivity index (χ4v) is 1.35. The molecule has 0 aromatic heterocycles. The van der Waals surface area contributed by atoms with Gasteiger partial charge in [-0.2, -0.15) is 0 Å². The van der Waals surface area contributed by atoms with Gasteiger partial charge in [0, 0.05) is 0 Å². The molecule has 1 aromatic carbocycles. The van der Waals surface area contributed by atoms with Gasteiger partial charge < -0.3 is 9.84 Å². The van der Waals surface area contributed by atoms with Gasteiger partial charge in [-0.1, -0.05) is 12.1 Å². The van der Waals surface area contributed by atoms with Crippen LogP contribution in [0.25, 0.3) is 0 Å². The largest absolute Gasteiger partial charge is 0.481 e. The first-order chi connectivity index (χ1) is 7.81. The van der Waals surface area contributed by atoms with Crippen LogP contribution < -0.4 is 0 Å². The zero-order valence-corrected chi connectivity index (χ0v) is 9.57. The van der Waals surface area contributed by atoms with E-state index in [1.165, 1.54) is 24.3 Å². The highest BCUT2D eigenvalue weighted by Gasteiger charge is 2.26. The third-order valence-electron chi connectivity index (χ3n) is 2.20. The fourth-order valence-electron chi connectivity index (χ4n) is 1.35. The van der Waals surface area contributed by atoms with Crippen LogP contribution in [0.15, 0.2) is 24.3 Å². The second-order valence-corrected chi connectivity index (χ2v) is 4.06. The maximum atomic E-state index is 12.7. The molecule has 0 aliphatic heterocycles. The zero-order valence-electron chi connectivity index (χ0n) is 9.57. The van der Waals surface area contributed by atoms with Crippen molar-refractivity contribution in [1.29, 1.82) is 0 Å². The molecule has 0 aliphatic carbocycles. The predicted octanol–water partition coefficient (Wildman–Crippen LogP) is 2.08. The highest BCUT2D eigenvalue weighted by atomic mass is 19.1. The van der Waals surface area contributed by atoms with Crippen LogP contribution in [0.1, 0.15) is 25.8 Å². The number of carboxylic acid groups (broad SMARTS) is 1. The summed E-state index contributed by atoms with van der Waals surface area (Å²) in [4.78, 5) is 21.6. The van der Waals surface area contributed by atoms with Gasteiger partial charge in [-0.15, -0.1) is 0 Å². The maximum absolute atomic E-state index is 12.7. The number of aliphatic carboxylic acids is 1. The molecule has 0 saturated carbocycles. The van der Waals surface area contributed by atoms with Crippen molar-refractivity contribution in [2.45, 2.75) is 25.9 Å². The van der Waals surface area contributed by atoms with E-state index in [0.717, 1.165) is 0 Å². The van der Waals surface area contributed by atoms with Crippen LogP contribution in [-0.4, -0.2) is 17.0 Å². The van der Waals surface area contributed by atoms with Crippen molar-refractivity contribution in [3.63, 3.8) is 0 Å². The smallest absolute Gasteiger partial charge is 0.318 e. The Kier molecular flexibility index (Phi) is 3.83. The summed E-state index contributed by atoms with van der Waals surface area (Å²) < 4.78 is 17.8. The lowest BCUT2D eigenvalue weighted by Gasteiger charge is -2.25. The minimum Gasteiger partial charge on any atom is -0.481 e. The normalized spacial score (nSPS) is 11.0. The molecule has 5 heteroatoms. The number of esters is 1. The van der Waals surface area contributed by atoms with E-state index in [1.807, 2.05) is 0 Å². The Balaban J connectivity index is 2.77. The van der Waals surface area contributed by atoms with Crippen LogP contribution in [0, 0.1) is 5.82 Å². The summed E-state index contributed by atoms with van der Waals surface area (Å²) in [6, 6.07) is 5.48. The summed E-state index contributed by atoms with van der Waals surface area (Å²) in [5.74, 6) is -2.46. The minimum absolute atomic E-state index is 0.388. The lowest BCUT2D eigenvalue weighted by atomic mass is 9.98. The van der Waals surface area contributed by atoms with Gasteiger partial charge in [0.2, 0.25) is 0 Å². The Bertz CT molecular complexity index is 423. The first kappa shape index (κ1) is 13.2. The SMILES string of the molecule is CC(C)(OC(=O)CC(=O)O)c1ccc(F)cc1.